The molecule has 0 bridgehead atoms. The van der Waals surface area contributed by atoms with Crippen molar-refractivity contribution in [1.29, 1.82) is 0 Å². The molecule has 0 fully saturated rings. The van der Waals surface area contributed by atoms with E-state index in [-0.39, 0.29) is 0 Å². The summed E-state index contributed by atoms with van der Waals surface area (Å²) in [5.41, 5.74) is 0. The standard InChI is InChI=1S/C4H11NO.C4H8O2/c1-2-3-4-6-5;1-2-3-4(5)6/h2-5H2,1H3;2-3H2,1H3,(H,5,6). The molecule has 0 aromatic heterocycles. The molecule has 0 amide bonds. The van der Waals surface area contributed by atoms with Crippen molar-refractivity contribution in [3.05, 3.63) is 0 Å². The van der Waals surface area contributed by atoms with Gasteiger partial charge in [-0.25, -0.2) is 5.90 Å². The quantitative estimate of drug-likeness (QED) is 0.493. The summed E-state index contributed by atoms with van der Waals surface area (Å²) in [7, 11) is 0. The second-order valence-electron chi connectivity index (χ2n) is 2.37. The molecule has 3 N–H and O–H groups in total. The van der Waals surface area contributed by atoms with E-state index in [1.807, 2.05) is 6.92 Å². The van der Waals surface area contributed by atoms with Crippen LogP contribution in [-0.4, -0.2) is 17.7 Å². The molecular formula is C8H19NO3. The fraction of sp³-hybridized carbons (Fsp3) is 0.875. The van der Waals surface area contributed by atoms with Crippen molar-refractivity contribution in [1.82, 2.24) is 0 Å². The number of carbonyl (C=O) groups is 1. The third-order valence-corrected chi connectivity index (χ3v) is 1.08. The maximum Gasteiger partial charge on any atom is 0.303 e. The predicted molar refractivity (Wildman–Crippen MR) is 47.6 cm³/mol. The predicted octanol–water partition coefficient (Wildman–Crippen LogP) is 1.55. The summed E-state index contributed by atoms with van der Waals surface area (Å²) in [5.74, 6) is 4.00. The number of unbranched alkanes of at least 4 members (excludes halogenated alkanes) is 1. The molecule has 0 heterocycles. The zero-order valence-electron chi connectivity index (χ0n) is 7.88. The average Bonchev–Trinajstić information content (AvgIpc) is 2.02. The Morgan fingerprint density at radius 3 is 2.08 bits per heavy atom. The molecule has 74 valence electrons. The van der Waals surface area contributed by atoms with Crippen LogP contribution in [0, 0.1) is 0 Å². The number of hydrogen-bond acceptors (Lipinski definition) is 3. The van der Waals surface area contributed by atoms with Gasteiger partial charge in [-0.1, -0.05) is 20.3 Å². The van der Waals surface area contributed by atoms with Gasteiger partial charge in [0.05, 0.1) is 6.61 Å². The fourth-order valence-corrected chi connectivity index (χ4v) is 0.442. The van der Waals surface area contributed by atoms with Crippen LogP contribution in [0.1, 0.15) is 39.5 Å². The Balaban J connectivity index is 0. The highest BCUT2D eigenvalue weighted by atomic mass is 16.6. The number of carboxylic acids is 1. The molecule has 0 saturated carbocycles. The van der Waals surface area contributed by atoms with Crippen molar-refractivity contribution < 1.29 is 14.7 Å². The average molecular weight is 177 g/mol. The van der Waals surface area contributed by atoms with Gasteiger partial charge in [0.25, 0.3) is 0 Å². The molecule has 0 radical (unpaired) electrons. The number of carboxylic acid groups (broad SMARTS) is 1. The van der Waals surface area contributed by atoms with Gasteiger partial charge in [-0.05, 0) is 12.8 Å². The van der Waals surface area contributed by atoms with E-state index in [1.165, 1.54) is 0 Å². The fourth-order valence-electron chi connectivity index (χ4n) is 0.442. The van der Waals surface area contributed by atoms with E-state index in [0.29, 0.717) is 13.0 Å². The summed E-state index contributed by atoms with van der Waals surface area (Å²) in [6.45, 7) is 4.63. The minimum atomic E-state index is -0.711. The van der Waals surface area contributed by atoms with Crippen LogP contribution in [0.3, 0.4) is 0 Å². The molecule has 4 nitrogen and oxygen atoms in total. The van der Waals surface area contributed by atoms with Gasteiger partial charge in [-0.15, -0.1) is 0 Å². The van der Waals surface area contributed by atoms with Crippen molar-refractivity contribution in [2.45, 2.75) is 39.5 Å². The van der Waals surface area contributed by atoms with E-state index in [9.17, 15) is 4.79 Å². The topological polar surface area (TPSA) is 72.5 Å². The minimum absolute atomic E-state index is 0.292. The van der Waals surface area contributed by atoms with E-state index in [0.717, 1.165) is 19.3 Å². The van der Waals surface area contributed by atoms with Crippen LogP contribution in [0.2, 0.25) is 0 Å². The van der Waals surface area contributed by atoms with Gasteiger partial charge in [0.1, 0.15) is 0 Å². The second-order valence-corrected chi connectivity index (χ2v) is 2.37. The Bertz CT molecular complexity index is 92.3. The maximum atomic E-state index is 9.60. The van der Waals surface area contributed by atoms with Crippen LogP contribution in [0.5, 0.6) is 0 Å². The van der Waals surface area contributed by atoms with Gasteiger partial charge in [0.2, 0.25) is 0 Å². The van der Waals surface area contributed by atoms with Gasteiger partial charge in [-0.2, -0.15) is 0 Å². The number of hydrogen-bond donors (Lipinski definition) is 2. The molecule has 0 aliphatic rings. The van der Waals surface area contributed by atoms with Crippen LogP contribution in [0.15, 0.2) is 0 Å². The van der Waals surface area contributed by atoms with Crippen molar-refractivity contribution in [2.75, 3.05) is 6.61 Å². The van der Waals surface area contributed by atoms with E-state index in [2.05, 4.69) is 11.8 Å². The highest BCUT2D eigenvalue weighted by Crippen LogP contribution is 1.82. The lowest BCUT2D eigenvalue weighted by Gasteiger charge is -1.88. The van der Waals surface area contributed by atoms with Gasteiger partial charge in [0.15, 0.2) is 0 Å². The largest absolute Gasteiger partial charge is 0.481 e. The molecule has 0 rings (SSSR count). The van der Waals surface area contributed by atoms with Gasteiger partial charge >= 0.3 is 5.97 Å². The zero-order valence-corrected chi connectivity index (χ0v) is 7.88. The second kappa shape index (κ2) is 13.0. The lowest BCUT2D eigenvalue weighted by Crippen LogP contribution is -1.99. The van der Waals surface area contributed by atoms with Crippen molar-refractivity contribution in [3.63, 3.8) is 0 Å². The monoisotopic (exact) mass is 177 g/mol. The molecule has 0 aromatic rings. The Hall–Kier alpha value is -0.610. The Morgan fingerprint density at radius 1 is 1.42 bits per heavy atom. The first kappa shape index (κ1) is 13.9. The van der Waals surface area contributed by atoms with E-state index < -0.39 is 5.97 Å². The summed E-state index contributed by atoms with van der Waals surface area (Å²) >= 11 is 0. The number of aliphatic carboxylic acids is 1. The van der Waals surface area contributed by atoms with E-state index in [4.69, 9.17) is 11.0 Å². The number of nitrogens with two attached hydrogens (primary N) is 1. The summed E-state index contributed by atoms with van der Waals surface area (Å²) in [6.07, 6.45) is 3.24. The van der Waals surface area contributed by atoms with Crippen molar-refractivity contribution >= 4 is 5.97 Å². The molecule has 0 aromatic carbocycles. The number of rotatable bonds is 5. The van der Waals surface area contributed by atoms with Crippen molar-refractivity contribution in [3.8, 4) is 0 Å². The molecule has 12 heavy (non-hydrogen) atoms. The lowest BCUT2D eigenvalue weighted by atomic mass is 10.4. The van der Waals surface area contributed by atoms with Crippen LogP contribution in [0.4, 0.5) is 0 Å². The van der Waals surface area contributed by atoms with Crippen LogP contribution in [-0.2, 0) is 9.63 Å². The Kier molecular flexibility index (Phi) is 15.1. The summed E-state index contributed by atoms with van der Waals surface area (Å²) in [6, 6.07) is 0. The zero-order chi connectivity index (χ0) is 9.82. The van der Waals surface area contributed by atoms with Gasteiger partial charge < -0.3 is 9.94 Å². The molecule has 0 atom stereocenters. The van der Waals surface area contributed by atoms with E-state index >= 15 is 0 Å². The van der Waals surface area contributed by atoms with Gasteiger partial charge in [-0.3, -0.25) is 4.79 Å². The van der Waals surface area contributed by atoms with Gasteiger partial charge in [0, 0.05) is 6.42 Å². The molecule has 4 heteroatoms. The molecule has 0 aliphatic carbocycles. The maximum absolute atomic E-state index is 9.60. The minimum Gasteiger partial charge on any atom is -0.481 e. The first-order valence-corrected chi connectivity index (χ1v) is 4.22. The lowest BCUT2D eigenvalue weighted by molar-refractivity contribution is -0.137. The Morgan fingerprint density at radius 2 is 2.00 bits per heavy atom. The Labute approximate surface area is 73.7 Å². The third-order valence-electron chi connectivity index (χ3n) is 1.08. The molecule has 0 saturated heterocycles. The first-order valence-electron chi connectivity index (χ1n) is 4.22. The highest BCUT2D eigenvalue weighted by Gasteiger charge is 1.87. The molecule has 0 spiro atoms. The summed E-state index contributed by atoms with van der Waals surface area (Å²) in [5, 5.41) is 7.91. The molecular weight excluding hydrogens is 158 g/mol. The van der Waals surface area contributed by atoms with E-state index in [1.54, 1.807) is 0 Å². The van der Waals surface area contributed by atoms with Crippen LogP contribution < -0.4 is 5.90 Å². The highest BCUT2D eigenvalue weighted by molar-refractivity contribution is 5.66. The third kappa shape index (κ3) is 22.8. The summed E-state index contributed by atoms with van der Waals surface area (Å²) in [4.78, 5) is 13.9. The molecule has 0 unspecified atom stereocenters. The van der Waals surface area contributed by atoms with Crippen LogP contribution >= 0.6 is 0 Å². The normalized spacial score (nSPS) is 8.58. The molecule has 0 aliphatic heterocycles. The smallest absolute Gasteiger partial charge is 0.303 e. The summed E-state index contributed by atoms with van der Waals surface area (Å²) < 4.78 is 0. The first-order chi connectivity index (χ1) is 5.68. The van der Waals surface area contributed by atoms with Crippen LogP contribution in [0.25, 0.3) is 0 Å². The SMILES string of the molecule is CCCC(=O)O.CCCCON. The van der Waals surface area contributed by atoms with Crippen molar-refractivity contribution in [2.24, 2.45) is 5.90 Å².